The Labute approximate surface area is 145 Å². The fourth-order valence-corrected chi connectivity index (χ4v) is 3.41. The number of ether oxygens (including phenoxy) is 2. The molecule has 0 radical (unpaired) electrons. The molecule has 0 unspecified atom stereocenters. The van der Waals surface area contributed by atoms with Crippen LogP contribution in [0.25, 0.3) is 0 Å². The van der Waals surface area contributed by atoms with Crippen molar-refractivity contribution in [2.24, 2.45) is 0 Å². The second-order valence-electron chi connectivity index (χ2n) is 4.60. The maximum absolute atomic E-state index is 11.9. The molecule has 2 aromatic rings. The Morgan fingerprint density at radius 1 is 1.29 bits per heavy atom. The molecule has 0 fully saturated rings. The highest BCUT2D eigenvalue weighted by Crippen LogP contribution is 2.29. The topological polar surface area (TPSA) is 56.3 Å². The maximum Gasteiger partial charge on any atom is 0.411 e. The summed E-state index contributed by atoms with van der Waals surface area (Å²) in [6.07, 6.45) is -3.76. The minimum atomic E-state index is -4.27. The van der Waals surface area contributed by atoms with Crippen molar-refractivity contribution in [3.8, 4) is 5.75 Å². The molecule has 2 rings (SSSR count). The molecular weight excluding hydrogens is 363 g/mol. The second-order valence-corrected chi connectivity index (χ2v) is 6.92. The van der Waals surface area contributed by atoms with E-state index in [2.05, 4.69) is 20.3 Å². The van der Waals surface area contributed by atoms with Crippen LogP contribution in [0.1, 0.15) is 6.42 Å². The SMILES string of the molecule is COc1cccc(Nc2nnc(SCCCOCC(F)(F)F)s2)c1. The van der Waals surface area contributed by atoms with Gasteiger partial charge in [-0.05, 0) is 18.6 Å². The van der Waals surface area contributed by atoms with E-state index in [1.807, 2.05) is 24.3 Å². The predicted molar refractivity (Wildman–Crippen MR) is 88.4 cm³/mol. The smallest absolute Gasteiger partial charge is 0.411 e. The van der Waals surface area contributed by atoms with E-state index in [1.165, 1.54) is 23.1 Å². The Balaban J connectivity index is 1.71. The van der Waals surface area contributed by atoms with Crippen LogP contribution in [0.5, 0.6) is 5.75 Å². The van der Waals surface area contributed by atoms with Gasteiger partial charge in [0.2, 0.25) is 5.13 Å². The summed E-state index contributed by atoms with van der Waals surface area (Å²) in [7, 11) is 1.59. The van der Waals surface area contributed by atoms with Crippen molar-refractivity contribution in [1.82, 2.24) is 10.2 Å². The van der Waals surface area contributed by atoms with Gasteiger partial charge in [-0.15, -0.1) is 10.2 Å². The van der Waals surface area contributed by atoms with Crippen LogP contribution in [-0.4, -0.2) is 42.5 Å². The molecule has 0 aliphatic carbocycles. The molecule has 0 aliphatic heterocycles. The summed E-state index contributed by atoms with van der Waals surface area (Å²) in [5.74, 6) is 1.35. The number of aromatic nitrogens is 2. The van der Waals surface area contributed by atoms with Gasteiger partial charge in [-0.25, -0.2) is 0 Å². The fourth-order valence-electron chi connectivity index (χ4n) is 1.65. The number of methoxy groups -OCH3 is 1. The molecule has 1 heterocycles. The van der Waals surface area contributed by atoms with Crippen LogP contribution in [0.3, 0.4) is 0 Å². The molecule has 0 bridgehead atoms. The van der Waals surface area contributed by atoms with E-state index in [1.54, 1.807) is 7.11 Å². The monoisotopic (exact) mass is 379 g/mol. The molecule has 0 saturated heterocycles. The number of anilines is 2. The molecule has 5 nitrogen and oxygen atoms in total. The van der Waals surface area contributed by atoms with Gasteiger partial charge in [-0.1, -0.05) is 29.2 Å². The van der Waals surface area contributed by atoms with E-state index in [-0.39, 0.29) is 6.61 Å². The quantitative estimate of drug-likeness (QED) is 0.516. The lowest BCUT2D eigenvalue weighted by atomic mass is 10.3. The number of hydrogen-bond acceptors (Lipinski definition) is 7. The lowest BCUT2D eigenvalue weighted by molar-refractivity contribution is -0.173. The van der Waals surface area contributed by atoms with E-state index in [0.29, 0.717) is 17.3 Å². The molecule has 0 aliphatic rings. The molecule has 0 spiro atoms. The first kappa shape index (κ1) is 18.8. The van der Waals surface area contributed by atoms with Gasteiger partial charge in [-0.3, -0.25) is 0 Å². The van der Waals surface area contributed by atoms with Gasteiger partial charge in [0.1, 0.15) is 12.4 Å². The number of thioether (sulfide) groups is 1. The summed E-state index contributed by atoms with van der Waals surface area (Å²) in [4.78, 5) is 0. The average molecular weight is 379 g/mol. The zero-order chi connectivity index (χ0) is 17.4. The molecule has 10 heteroatoms. The van der Waals surface area contributed by atoms with Gasteiger partial charge in [0.05, 0.1) is 7.11 Å². The maximum atomic E-state index is 11.9. The standard InChI is InChI=1S/C14H16F3N3O2S2/c1-21-11-5-2-4-10(8-11)18-12-19-20-13(24-12)23-7-3-6-22-9-14(15,16)17/h2,4-5,8H,3,6-7,9H2,1H3,(H,18,19). The number of rotatable bonds is 9. The molecule has 0 saturated carbocycles. The zero-order valence-corrected chi connectivity index (χ0v) is 14.4. The Morgan fingerprint density at radius 3 is 2.88 bits per heavy atom. The van der Waals surface area contributed by atoms with E-state index >= 15 is 0 Å². The third kappa shape index (κ3) is 6.93. The molecule has 0 amide bonds. The summed E-state index contributed by atoms with van der Waals surface area (Å²) in [6.45, 7) is -1.13. The Morgan fingerprint density at radius 2 is 2.12 bits per heavy atom. The van der Waals surface area contributed by atoms with Gasteiger partial charge in [0.15, 0.2) is 4.34 Å². The first-order valence-corrected chi connectivity index (χ1v) is 8.78. The van der Waals surface area contributed by atoms with Gasteiger partial charge < -0.3 is 14.8 Å². The number of halogens is 3. The summed E-state index contributed by atoms with van der Waals surface area (Å²) >= 11 is 2.81. The zero-order valence-electron chi connectivity index (χ0n) is 12.8. The summed E-state index contributed by atoms with van der Waals surface area (Å²) in [5, 5.41) is 11.8. The summed E-state index contributed by atoms with van der Waals surface area (Å²) < 4.78 is 46.1. The molecule has 1 N–H and O–H groups in total. The highest BCUT2D eigenvalue weighted by molar-refractivity contribution is 8.01. The van der Waals surface area contributed by atoms with Crippen molar-refractivity contribution in [3.05, 3.63) is 24.3 Å². The number of benzene rings is 1. The van der Waals surface area contributed by atoms with E-state index in [9.17, 15) is 13.2 Å². The van der Waals surface area contributed by atoms with Crippen molar-refractivity contribution in [1.29, 1.82) is 0 Å². The van der Waals surface area contributed by atoms with Crippen molar-refractivity contribution < 1.29 is 22.6 Å². The summed E-state index contributed by atoms with van der Waals surface area (Å²) in [6, 6.07) is 7.42. The van der Waals surface area contributed by atoms with Crippen LogP contribution in [0, 0.1) is 0 Å². The van der Waals surface area contributed by atoms with Gasteiger partial charge in [0, 0.05) is 24.1 Å². The Kier molecular flexibility index (Phi) is 7.13. The average Bonchev–Trinajstić information content (AvgIpc) is 2.97. The molecule has 1 aromatic carbocycles. The molecule has 1 aromatic heterocycles. The highest BCUT2D eigenvalue weighted by atomic mass is 32.2. The number of nitrogens with one attached hydrogen (secondary N) is 1. The normalized spacial score (nSPS) is 11.5. The van der Waals surface area contributed by atoms with Crippen LogP contribution in [0.15, 0.2) is 28.6 Å². The number of hydrogen-bond donors (Lipinski definition) is 1. The van der Waals surface area contributed by atoms with Crippen LogP contribution in [-0.2, 0) is 4.74 Å². The van der Waals surface area contributed by atoms with Gasteiger partial charge >= 0.3 is 6.18 Å². The fraction of sp³-hybridized carbons (Fsp3) is 0.429. The van der Waals surface area contributed by atoms with Gasteiger partial charge in [0.25, 0.3) is 0 Å². The first-order valence-electron chi connectivity index (χ1n) is 6.98. The molecule has 132 valence electrons. The Hall–Kier alpha value is -1.52. The van der Waals surface area contributed by atoms with E-state index < -0.39 is 12.8 Å². The van der Waals surface area contributed by atoms with Crippen molar-refractivity contribution in [3.63, 3.8) is 0 Å². The number of nitrogens with zero attached hydrogens (tertiary/aromatic N) is 2. The van der Waals surface area contributed by atoms with Crippen LogP contribution < -0.4 is 10.1 Å². The molecular formula is C14H16F3N3O2S2. The lowest BCUT2D eigenvalue weighted by Gasteiger charge is -2.06. The molecule has 24 heavy (non-hydrogen) atoms. The van der Waals surface area contributed by atoms with Crippen LogP contribution in [0.4, 0.5) is 24.0 Å². The van der Waals surface area contributed by atoms with Gasteiger partial charge in [-0.2, -0.15) is 13.2 Å². The van der Waals surface area contributed by atoms with E-state index in [4.69, 9.17) is 4.74 Å². The third-order valence-electron chi connectivity index (χ3n) is 2.65. The minimum Gasteiger partial charge on any atom is -0.497 e. The third-order valence-corrected chi connectivity index (χ3v) is 4.71. The van der Waals surface area contributed by atoms with Crippen LogP contribution >= 0.6 is 23.1 Å². The highest BCUT2D eigenvalue weighted by Gasteiger charge is 2.27. The Bertz CT molecular complexity index is 638. The second kappa shape index (κ2) is 9.09. The summed E-state index contributed by atoms with van der Waals surface area (Å²) in [5.41, 5.74) is 0.836. The first-order chi connectivity index (χ1) is 11.5. The minimum absolute atomic E-state index is 0.0697. The number of alkyl halides is 3. The van der Waals surface area contributed by atoms with E-state index in [0.717, 1.165) is 15.8 Å². The van der Waals surface area contributed by atoms with Crippen molar-refractivity contribution in [2.45, 2.75) is 16.9 Å². The van der Waals surface area contributed by atoms with Crippen LogP contribution in [0.2, 0.25) is 0 Å². The largest absolute Gasteiger partial charge is 0.497 e. The van der Waals surface area contributed by atoms with Crippen molar-refractivity contribution >= 4 is 33.9 Å². The molecule has 0 atom stereocenters. The van der Waals surface area contributed by atoms with Crippen molar-refractivity contribution in [2.75, 3.05) is 31.4 Å². The predicted octanol–water partition coefficient (Wildman–Crippen LogP) is 4.35. The lowest BCUT2D eigenvalue weighted by Crippen LogP contribution is -2.17.